The Hall–Kier alpha value is -2.21. The molecule has 6 nitrogen and oxygen atoms in total. The van der Waals surface area contributed by atoms with Gasteiger partial charge in [0.25, 0.3) is 0 Å². The fraction of sp³-hybridized carbons (Fsp3) is 0.400. The van der Waals surface area contributed by atoms with Gasteiger partial charge >= 0.3 is 5.97 Å². The minimum Gasteiger partial charge on any atom is -0.478 e. The lowest BCUT2D eigenvalue weighted by molar-refractivity contribution is 0.0697. The molecule has 0 radical (unpaired) electrons. The second-order valence-corrected chi connectivity index (χ2v) is 5.16. The molecule has 3 rings (SSSR count). The smallest absolute Gasteiger partial charge is 0.335 e. The minimum absolute atomic E-state index is 0.241. The highest BCUT2D eigenvalue weighted by atomic mass is 16.5. The molecule has 21 heavy (non-hydrogen) atoms. The highest BCUT2D eigenvalue weighted by Gasteiger charge is 2.21. The number of carboxylic acid groups (broad SMARTS) is 1. The Morgan fingerprint density at radius 1 is 1.33 bits per heavy atom. The Labute approximate surface area is 122 Å². The Morgan fingerprint density at radius 3 is 2.76 bits per heavy atom. The quantitative estimate of drug-likeness (QED) is 0.929. The number of piperidine rings is 1. The van der Waals surface area contributed by atoms with E-state index in [2.05, 4.69) is 14.9 Å². The van der Waals surface area contributed by atoms with Crippen molar-refractivity contribution in [3.8, 4) is 0 Å². The Bertz CT molecular complexity index is 666. The van der Waals surface area contributed by atoms with Crippen molar-refractivity contribution in [3.63, 3.8) is 0 Å². The van der Waals surface area contributed by atoms with Crippen molar-refractivity contribution in [1.29, 1.82) is 0 Å². The van der Waals surface area contributed by atoms with Gasteiger partial charge in [0, 0.05) is 25.6 Å². The molecule has 2 heterocycles. The van der Waals surface area contributed by atoms with Gasteiger partial charge in [-0.3, -0.25) is 0 Å². The molecule has 1 N–H and O–H groups in total. The Morgan fingerprint density at radius 2 is 2.10 bits per heavy atom. The van der Waals surface area contributed by atoms with Crippen LogP contribution < -0.4 is 4.90 Å². The maximum Gasteiger partial charge on any atom is 0.335 e. The fourth-order valence-electron chi connectivity index (χ4n) is 2.73. The molecule has 0 amide bonds. The summed E-state index contributed by atoms with van der Waals surface area (Å²) in [7, 11) is 1.74. The number of methoxy groups -OCH3 is 1. The first-order valence-corrected chi connectivity index (χ1v) is 6.95. The first-order valence-electron chi connectivity index (χ1n) is 6.95. The van der Waals surface area contributed by atoms with Gasteiger partial charge in [-0.15, -0.1) is 0 Å². The Kier molecular flexibility index (Phi) is 3.70. The molecule has 1 aliphatic rings. The van der Waals surface area contributed by atoms with E-state index in [1.54, 1.807) is 25.3 Å². The molecule has 0 spiro atoms. The summed E-state index contributed by atoms with van der Waals surface area (Å²) in [6, 6.07) is 4.97. The van der Waals surface area contributed by atoms with Crippen molar-refractivity contribution in [3.05, 3.63) is 30.1 Å². The van der Waals surface area contributed by atoms with Gasteiger partial charge in [-0.25, -0.2) is 14.8 Å². The van der Waals surface area contributed by atoms with Crippen molar-refractivity contribution >= 4 is 22.7 Å². The molecular weight excluding hydrogens is 270 g/mol. The molecule has 0 bridgehead atoms. The number of benzene rings is 1. The van der Waals surface area contributed by atoms with Gasteiger partial charge in [-0.2, -0.15) is 0 Å². The van der Waals surface area contributed by atoms with Crippen LogP contribution in [0.1, 0.15) is 23.2 Å². The molecule has 0 aliphatic carbocycles. The number of carbonyl (C=O) groups is 1. The topological polar surface area (TPSA) is 75.5 Å². The van der Waals surface area contributed by atoms with Crippen LogP contribution in [0.5, 0.6) is 0 Å². The highest BCUT2D eigenvalue weighted by molar-refractivity contribution is 5.96. The normalized spacial score (nSPS) is 16.3. The number of fused-ring (bicyclic) bond motifs is 1. The average Bonchev–Trinajstić information content (AvgIpc) is 2.54. The third kappa shape index (κ3) is 2.67. The number of anilines is 1. The van der Waals surface area contributed by atoms with Gasteiger partial charge in [0.1, 0.15) is 12.1 Å². The number of nitrogens with zero attached hydrogens (tertiary/aromatic N) is 3. The zero-order chi connectivity index (χ0) is 14.8. The first-order chi connectivity index (χ1) is 10.2. The van der Waals surface area contributed by atoms with E-state index in [0.717, 1.165) is 37.1 Å². The van der Waals surface area contributed by atoms with Gasteiger partial charge in [0.05, 0.1) is 17.2 Å². The number of ether oxygens (including phenoxy) is 1. The zero-order valence-corrected chi connectivity index (χ0v) is 11.8. The number of hydrogen-bond donors (Lipinski definition) is 1. The molecular formula is C15H17N3O3. The van der Waals surface area contributed by atoms with Crippen LogP contribution in [-0.4, -0.2) is 47.3 Å². The average molecular weight is 287 g/mol. The van der Waals surface area contributed by atoms with Gasteiger partial charge in [0.2, 0.25) is 0 Å². The van der Waals surface area contributed by atoms with Crippen LogP contribution >= 0.6 is 0 Å². The maximum absolute atomic E-state index is 11.0. The molecule has 6 heteroatoms. The van der Waals surface area contributed by atoms with Gasteiger partial charge in [-0.1, -0.05) is 0 Å². The van der Waals surface area contributed by atoms with Crippen LogP contribution in [-0.2, 0) is 4.74 Å². The molecule has 0 saturated carbocycles. The highest BCUT2D eigenvalue weighted by Crippen LogP contribution is 2.26. The van der Waals surface area contributed by atoms with Crippen LogP contribution in [0.2, 0.25) is 0 Å². The predicted molar refractivity (Wildman–Crippen MR) is 78.7 cm³/mol. The van der Waals surface area contributed by atoms with E-state index < -0.39 is 5.97 Å². The van der Waals surface area contributed by atoms with Crippen LogP contribution in [0.15, 0.2) is 24.5 Å². The van der Waals surface area contributed by atoms with Crippen molar-refractivity contribution in [2.45, 2.75) is 18.9 Å². The summed E-state index contributed by atoms with van der Waals surface area (Å²) in [5.74, 6) is -0.0792. The fourth-order valence-corrected chi connectivity index (χ4v) is 2.73. The SMILES string of the molecule is COC1CCN(c2ncnc3cc(C(=O)O)ccc23)CC1. The molecule has 0 unspecified atom stereocenters. The lowest BCUT2D eigenvalue weighted by atomic mass is 10.1. The van der Waals surface area contributed by atoms with Gasteiger partial charge < -0.3 is 14.7 Å². The number of hydrogen-bond acceptors (Lipinski definition) is 5. The van der Waals surface area contributed by atoms with E-state index in [-0.39, 0.29) is 5.56 Å². The molecule has 2 aromatic rings. The molecule has 1 aliphatic heterocycles. The van der Waals surface area contributed by atoms with Gasteiger partial charge in [-0.05, 0) is 31.0 Å². The lowest BCUT2D eigenvalue weighted by Crippen LogP contribution is -2.37. The van der Waals surface area contributed by atoms with Crippen LogP contribution in [0.3, 0.4) is 0 Å². The van der Waals surface area contributed by atoms with Gasteiger partial charge in [0.15, 0.2) is 0 Å². The summed E-state index contributed by atoms with van der Waals surface area (Å²) >= 11 is 0. The van der Waals surface area contributed by atoms with Crippen LogP contribution in [0.25, 0.3) is 10.9 Å². The number of rotatable bonds is 3. The number of aromatic nitrogens is 2. The standard InChI is InChI=1S/C15H17N3O3/c1-21-11-4-6-18(7-5-11)14-12-3-2-10(15(19)20)8-13(12)16-9-17-14/h2-3,8-9,11H,4-7H2,1H3,(H,19,20). The Balaban J connectivity index is 1.94. The predicted octanol–water partition coefficient (Wildman–Crippen LogP) is 1.94. The largest absolute Gasteiger partial charge is 0.478 e. The van der Waals surface area contributed by atoms with E-state index in [0.29, 0.717) is 11.6 Å². The van der Waals surface area contributed by atoms with Crippen molar-refractivity contribution in [2.75, 3.05) is 25.1 Å². The van der Waals surface area contributed by atoms with E-state index in [4.69, 9.17) is 9.84 Å². The second kappa shape index (κ2) is 5.65. The second-order valence-electron chi connectivity index (χ2n) is 5.16. The third-order valence-corrected chi connectivity index (χ3v) is 3.94. The van der Waals surface area contributed by atoms with Crippen molar-refractivity contribution in [2.24, 2.45) is 0 Å². The molecule has 110 valence electrons. The lowest BCUT2D eigenvalue weighted by Gasteiger charge is -2.32. The number of carboxylic acids is 1. The molecule has 1 aromatic carbocycles. The van der Waals surface area contributed by atoms with Crippen molar-refractivity contribution < 1.29 is 14.6 Å². The van der Waals surface area contributed by atoms with E-state index >= 15 is 0 Å². The minimum atomic E-state index is -0.946. The summed E-state index contributed by atoms with van der Waals surface area (Å²) in [5, 5.41) is 9.94. The monoisotopic (exact) mass is 287 g/mol. The summed E-state index contributed by atoms with van der Waals surface area (Å²) in [6.45, 7) is 1.76. The van der Waals surface area contributed by atoms with Crippen molar-refractivity contribution in [1.82, 2.24) is 9.97 Å². The molecule has 1 aromatic heterocycles. The van der Waals surface area contributed by atoms with Crippen LogP contribution in [0.4, 0.5) is 5.82 Å². The maximum atomic E-state index is 11.0. The number of aromatic carboxylic acids is 1. The summed E-state index contributed by atoms with van der Waals surface area (Å²) in [6.07, 6.45) is 3.74. The molecule has 0 atom stereocenters. The zero-order valence-electron chi connectivity index (χ0n) is 11.8. The molecule has 1 saturated heterocycles. The summed E-state index contributed by atoms with van der Waals surface area (Å²) < 4.78 is 5.38. The first kappa shape index (κ1) is 13.8. The van der Waals surface area contributed by atoms with E-state index in [9.17, 15) is 4.79 Å². The van der Waals surface area contributed by atoms with E-state index in [1.807, 2.05) is 0 Å². The third-order valence-electron chi connectivity index (χ3n) is 3.94. The summed E-state index contributed by atoms with van der Waals surface area (Å²) in [5.41, 5.74) is 0.902. The van der Waals surface area contributed by atoms with Crippen LogP contribution in [0, 0.1) is 0 Å². The van der Waals surface area contributed by atoms with E-state index in [1.165, 1.54) is 6.33 Å². The molecule has 1 fully saturated rings. The summed E-state index contributed by atoms with van der Waals surface area (Å²) in [4.78, 5) is 21.8.